The molecule has 0 aliphatic rings. The van der Waals surface area contributed by atoms with E-state index in [2.05, 4.69) is 21.2 Å². The number of hydrogen-bond acceptors (Lipinski definition) is 4. The van der Waals surface area contributed by atoms with E-state index in [1.165, 1.54) is 37.3 Å². The third-order valence-corrected chi connectivity index (χ3v) is 4.06. The molecule has 1 atom stereocenters. The Morgan fingerprint density at radius 2 is 1.80 bits per heavy atom. The summed E-state index contributed by atoms with van der Waals surface area (Å²) in [6, 6.07) is 10.8. The molecule has 0 radical (unpaired) electrons. The van der Waals surface area contributed by atoms with Crippen molar-refractivity contribution in [2.24, 2.45) is 5.73 Å². The van der Waals surface area contributed by atoms with E-state index in [1.54, 1.807) is 12.1 Å². The second kappa shape index (κ2) is 8.13. The van der Waals surface area contributed by atoms with E-state index >= 15 is 0 Å². The lowest BCUT2D eigenvalue weighted by molar-refractivity contribution is -0.123. The van der Waals surface area contributed by atoms with Gasteiger partial charge in [-0.2, -0.15) is 0 Å². The Hall–Kier alpha value is -2.38. The Balaban J connectivity index is 2.01. The highest BCUT2D eigenvalue weighted by molar-refractivity contribution is 9.10. The van der Waals surface area contributed by atoms with Crippen molar-refractivity contribution in [3.8, 4) is 0 Å². The van der Waals surface area contributed by atoms with Gasteiger partial charge in [0.25, 0.3) is 5.91 Å². The number of carbonyl (C=O) groups excluding carboxylic acids is 3. The number of anilines is 1. The normalized spacial score (nSPS) is 11.5. The molecule has 0 fully saturated rings. The van der Waals surface area contributed by atoms with Gasteiger partial charge in [0, 0.05) is 15.7 Å². The van der Waals surface area contributed by atoms with E-state index in [-0.39, 0.29) is 10.6 Å². The summed E-state index contributed by atoms with van der Waals surface area (Å²) in [6.07, 6.45) is -1.04. The number of nitrogens with two attached hydrogens (primary N) is 1. The molecule has 0 saturated carbocycles. The van der Waals surface area contributed by atoms with Crippen LogP contribution in [-0.4, -0.2) is 23.9 Å². The van der Waals surface area contributed by atoms with Gasteiger partial charge in [-0.05, 0) is 49.4 Å². The first-order valence-electron chi connectivity index (χ1n) is 7.14. The highest BCUT2D eigenvalue weighted by Crippen LogP contribution is 2.22. The number of nitrogens with one attached hydrogen (secondary N) is 1. The highest BCUT2D eigenvalue weighted by atomic mass is 79.9. The highest BCUT2D eigenvalue weighted by Gasteiger charge is 2.21. The number of amides is 2. The van der Waals surface area contributed by atoms with Gasteiger partial charge in [0.2, 0.25) is 5.91 Å². The molecule has 0 aliphatic heterocycles. The molecule has 2 amide bonds. The minimum atomic E-state index is -1.04. The third-order valence-electron chi connectivity index (χ3n) is 3.24. The van der Waals surface area contributed by atoms with E-state index < -0.39 is 23.9 Å². The van der Waals surface area contributed by atoms with Crippen LogP contribution in [-0.2, 0) is 9.53 Å². The molecule has 2 aromatic rings. The summed E-state index contributed by atoms with van der Waals surface area (Å²) < 4.78 is 5.80. The van der Waals surface area contributed by atoms with Crippen LogP contribution in [0.15, 0.2) is 46.9 Å². The second-order valence-electron chi connectivity index (χ2n) is 5.10. The van der Waals surface area contributed by atoms with Crippen molar-refractivity contribution in [1.29, 1.82) is 0 Å². The molecule has 6 nitrogen and oxygen atoms in total. The SMILES string of the molecule is CC(OC(=O)c1cc(Br)ccc1Cl)C(=O)Nc1ccc(C(N)=O)cc1. The predicted octanol–water partition coefficient (Wildman–Crippen LogP) is 3.39. The fourth-order valence-corrected chi connectivity index (χ4v) is 2.45. The Morgan fingerprint density at radius 1 is 1.16 bits per heavy atom. The molecule has 0 aliphatic carbocycles. The molecule has 0 spiro atoms. The predicted molar refractivity (Wildman–Crippen MR) is 97.6 cm³/mol. The van der Waals surface area contributed by atoms with Gasteiger partial charge < -0.3 is 15.8 Å². The van der Waals surface area contributed by atoms with Crippen LogP contribution in [0, 0.1) is 0 Å². The number of primary amides is 1. The van der Waals surface area contributed by atoms with Crippen molar-refractivity contribution in [3.05, 3.63) is 63.1 Å². The summed E-state index contributed by atoms with van der Waals surface area (Å²) in [6.45, 7) is 1.44. The van der Waals surface area contributed by atoms with Crippen molar-refractivity contribution in [2.75, 3.05) is 5.32 Å². The lowest BCUT2D eigenvalue weighted by Crippen LogP contribution is -2.30. The summed E-state index contributed by atoms with van der Waals surface area (Å²) >= 11 is 9.21. The Kier molecular flexibility index (Phi) is 6.17. The second-order valence-corrected chi connectivity index (χ2v) is 6.43. The van der Waals surface area contributed by atoms with Gasteiger partial charge in [-0.1, -0.05) is 27.5 Å². The lowest BCUT2D eigenvalue weighted by Gasteiger charge is -2.14. The minimum absolute atomic E-state index is 0.154. The van der Waals surface area contributed by atoms with Crippen LogP contribution < -0.4 is 11.1 Å². The van der Waals surface area contributed by atoms with E-state index in [9.17, 15) is 14.4 Å². The van der Waals surface area contributed by atoms with Crippen LogP contribution in [0.1, 0.15) is 27.6 Å². The van der Waals surface area contributed by atoms with E-state index in [1.807, 2.05) is 0 Å². The van der Waals surface area contributed by atoms with Crippen molar-refractivity contribution < 1.29 is 19.1 Å². The van der Waals surface area contributed by atoms with Gasteiger partial charge in [-0.25, -0.2) is 4.79 Å². The number of ether oxygens (including phenoxy) is 1. The van der Waals surface area contributed by atoms with E-state index in [4.69, 9.17) is 22.1 Å². The first kappa shape index (κ1) is 19.0. The number of rotatable bonds is 5. The average Bonchev–Trinajstić information content (AvgIpc) is 2.57. The molecule has 2 aromatic carbocycles. The summed E-state index contributed by atoms with van der Waals surface area (Å²) in [5.41, 5.74) is 6.07. The molecule has 0 heterocycles. The molecule has 0 saturated heterocycles. The monoisotopic (exact) mass is 424 g/mol. The van der Waals surface area contributed by atoms with Crippen LogP contribution >= 0.6 is 27.5 Å². The van der Waals surface area contributed by atoms with E-state index in [0.717, 1.165) is 0 Å². The maximum absolute atomic E-state index is 12.1. The molecule has 1 unspecified atom stereocenters. The number of benzene rings is 2. The fraction of sp³-hybridized carbons (Fsp3) is 0.118. The molecular formula is C17H14BrClN2O4. The molecule has 25 heavy (non-hydrogen) atoms. The molecule has 0 bridgehead atoms. The van der Waals surface area contributed by atoms with Crippen LogP contribution in [0.3, 0.4) is 0 Å². The fourth-order valence-electron chi connectivity index (χ4n) is 1.89. The maximum atomic E-state index is 12.1. The van der Waals surface area contributed by atoms with Gasteiger partial charge in [0.1, 0.15) is 0 Å². The largest absolute Gasteiger partial charge is 0.449 e. The Labute approximate surface area is 157 Å². The summed E-state index contributed by atoms with van der Waals surface area (Å²) in [4.78, 5) is 35.3. The van der Waals surface area contributed by atoms with Gasteiger partial charge >= 0.3 is 5.97 Å². The maximum Gasteiger partial charge on any atom is 0.340 e. The molecule has 8 heteroatoms. The average molecular weight is 426 g/mol. The molecule has 130 valence electrons. The van der Waals surface area contributed by atoms with Gasteiger partial charge in [-0.3, -0.25) is 9.59 Å². The van der Waals surface area contributed by atoms with Crippen molar-refractivity contribution in [2.45, 2.75) is 13.0 Å². The third kappa shape index (κ3) is 5.04. The standard InChI is InChI=1S/C17H14BrClN2O4/c1-9(25-17(24)13-8-11(18)4-7-14(13)19)16(23)21-12-5-2-10(3-6-12)15(20)22/h2-9H,1H3,(H2,20,22)(H,21,23). The van der Waals surface area contributed by atoms with E-state index in [0.29, 0.717) is 15.7 Å². The minimum Gasteiger partial charge on any atom is -0.449 e. The zero-order valence-electron chi connectivity index (χ0n) is 13.1. The van der Waals surface area contributed by atoms with Gasteiger partial charge in [0.15, 0.2) is 6.10 Å². The molecular weight excluding hydrogens is 412 g/mol. The lowest BCUT2D eigenvalue weighted by atomic mass is 10.2. The topological polar surface area (TPSA) is 98.5 Å². The van der Waals surface area contributed by atoms with Crippen molar-refractivity contribution >= 4 is 51.0 Å². The quantitative estimate of drug-likeness (QED) is 0.717. The molecule has 2 rings (SSSR count). The summed E-state index contributed by atoms with van der Waals surface area (Å²) in [7, 11) is 0. The van der Waals surface area contributed by atoms with Gasteiger partial charge in [0.05, 0.1) is 10.6 Å². The number of carbonyl (C=O) groups is 3. The number of esters is 1. The first-order chi connectivity index (χ1) is 11.8. The van der Waals surface area contributed by atoms with Crippen molar-refractivity contribution in [3.63, 3.8) is 0 Å². The molecule has 0 aromatic heterocycles. The first-order valence-corrected chi connectivity index (χ1v) is 8.32. The van der Waals surface area contributed by atoms with Gasteiger partial charge in [-0.15, -0.1) is 0 Å². The van der Waals surface area contributed by atoms with Crippen LogP contribution in [0.5, 0.6) is 0 Å². The smallest absolute Gasteiger partial charge is 0.340 e. The Bertz CT molecular complexity index is 824. The Morgan fingerprint density at radius 3 is 2.40 bits per heavy atom. The number of halogens is 2. The van der Waals surface area contributed by atoms with Crippen LogP contribution in [0.4, 0.5) is 5.69 Å². The molecule has 3 N–H and O–H groups in total. The zero-order valence-corrected chi connectivity index (χ0v) is 15.4. The summed E-state index contributed by atoms with van der Waals surface area (Å²) in [5, 5.41) is 2.80. The van der Waals surface area contributed by atoms with Crippen LogP contribution in [0.2, 0.25) is 5.02 Å². The van der Waals surface area contributed by atoms with Crippen molar-refractivity contribution in [1.82, 2.24) is 0 Å². The number of hydrogen-bond donors (Lipinski definition) is 2. The zero-order chi connectivity index (χ0) is 18.6. The summed E-state index contributed by atoms with van der Waals surface area (Å²) in [5.74, 6) is -1.80. The van der Waals surface area contributed by atoms with Crippen LogP contribution in [0.25, 0.3) is 0 Å².